The van der Waals surface area contributed by atoms with Gasteiger partial charge in [-0.05, 0) is 12.1 Å². The highest BCUT2D eigenvalue weighted by molar-refractivity contribution is 9.10. The van der Waals surface area contributed by atoms with E-state index in [0.29, 0.717) is 10.0 Å². The van der Waals surface area contributed by atoms with Gasteiger partial charge in [0, 0.05) is 10.0 Å². The first-order valence-electron chi connectivity index (χ1n) is 5.29. The molecule has 1 aromatic heterocycles. The molecule has 0 atom stereocenters. The van der Waals surface area contributed by atoms with Crippen LogP contribution >= 0.6 is 15.9 Å². The van der Waals surface area contributed by atoms with Crippen molar-refractivity contribution in [3.63, 3.8) is 0 Å². The van der Waals surface area contributed by atoms with Gasteiger partial charge in [0.1, 0.15) is 25.3 Å². The lowest BCUT2D eigenvalue weighted by atomic mass is 10.2. The van der Waals surface area contributed by atoms with Crippen molar-refractivity contribution in [1.29, 1.82) is 0 Å². The maximum Gasteiger partial charge on any atom is 0.328 e. The fraction of sp³-hybridized carbons (Fsp3) is 0.182. The molecule has 6 nitrogen and oxygen atoms in total. The maximum atomic E-state index is 13.5. The molecule has 0 radical (unpaired) electrons. The van der Waals surface area contributed by atoms with E-state index in [1.54, 1.807) is 12.1 Å². The van der Waals surface area contributed by atoms with Crippen LogP contribution in [0.4, 0.5) is 10.3 Å². The number of nitrogen functional groups attached to an aromatic ring is 1. The molecular formula is C11H10BrFN4O2. The molecule has 0 amide bonds. The zero-order chi connectivity index (χ0) is 13.8. The summed E-state index contributed by atoms with van der Waals surface area (Å²) < 4.78 is 20.3. The van der Waals surface area contributed by atoms with E-state index in [0.717, 1.165) is 0 Å². The normalized spacial score (nSPS) is 10.4. The second-order valence-electron chi connectivity index (χ2n) is 3.70. The van der Waals surface area contributed by atoms with Crippen LogP contribution in [0.3, 0.4) is 0 Å². The van der Waals surface area contributed by atoms with E-state index in [4.69, 9.17) is 10.5 Å². The first-order chi connectivity index (χ1) is 9.04. The molecule has 8 heteroatoms. The average molecular weight is 329 g/mol. The van der Waals surface area contributed by atoms with Gasteiger partial charge in [-0.3, -0.25) is 4.79 Å². The van der Waals surface area contributed by atoms with Crippen LogP contribution in [0.25, 0.3) is 0 Å². The number of ether oxygens (including phenoxy) is 1. The van der Waals surface area contributed by atoms with Crippen molar-refractivity contribution in [1.82, 2.24) is 14.8 Å². The Kier molecular flexibility index (Phi) is 4.10. The van der Waals surface area contributed by atoms with Gasteiger partial charge in [0.05, 0.1) is 0 Å². The summed E-state index contributed by atoms with van der Waals surface area (Å²) in [6.45, 7) is -0.259. The predicted octanol–water partition coefficient (Wildman–Crippen LogP) is 1.51. The van der Waals surface area contributed by atoms with Crippen LogP contribution < -0.4 is 5.73 Å². The van der Waals surface area contributed by atoms with Crippen molar-refractivity contribution in [2.75, 3.05) is 5.73 Å². The number of anilines is 1. The van der Waals surface area contributed by atoms with Crippen LogP contribution in [0.1, 0.15) is 5.56 Å². The zero-order valence-electron chi connectivity index (χ0n) is 9.72. The van der Waals surface area contributed by atoms with Crippen molar-refractivity contribution in [2.45, 2.75) is 13.2 Å². The minimum Gasteiger partial charge on any atom is -0.459 e. The molecule has 2 rings (SSSR count). The van der Waals surface area contributed by atoms with E-state index in [2.05, 4.69) is 26.0 Å². The second-order valence-corrected chi connectivity index (χ2v) is 4.61. The summed E-state index contributed by atoms with van der Waals surface area (Å²) in [6.07, 6.45) is 1.32. The van der Waals surface area contributed by atoms with Crippen LogP contribution in [0.2, 0.25) is 0 Å². The smallest absolute Gasteiger partial charge is 0.328 e. The fourth-order valence-corrected chi connectivity index (χ4v) is 1.69. The number of nitrogens with two attached hydrogens (primary N) is 1. The minimum absolute atomic E-state index is 0.0757. The Labute approximate surface area is 116 Å². The summed E-state index contributed by atoms with van der Waals surface area (Å²) in [7, 11) is 0. The molecule has 0 aliphatic carbocycles. The lowest BCUT2D eigenvalue weighted by molar-refractivity contribution is -0.145. The Bertz CT molecular complexity index is 602. The molecule has 0 aliphatic rings. The van der Waals surface area contributed by atoms with E-state index in [1.165, 1.54) is 17.1 Å². The molecule has 0 bridgehead atoms. The van der Waals surface area contributed by atoms with Gasteiger partial charge in [0.25, 0.3) is 0 Å². The summed E-state index contributed by atoms with van der Waals surface area (Å²) in [5.41, 5.74) is 5.60. The molecule has 0 aliphatic heterocycles. The van der Waals surface area contributed by atoms with Crippen molar-refractivity contribution in [3.8, 4) is 0 Å². The molecule has 0 fully saturated rings. The van der Waals surface area contributed by atoms with E-state index < -0.39 is 11.8 Å². The lowest BCUT2D eigenvalue weighted by Crippen LogP contribution is -2.14. The number of carbonyl (C=O) groups is 1. The minimum atomic E-state index is -0.549. The van der Waals surface area contributed by atoms with Gasteiger partial charge in [-0.1, -0.05) is 22.0 Å². The Hall–Kier alpha value is -1.96. The summed E-state index contributed by atoms with van der Waals surface area (Å²) in [4.78, 5) is 15.2. The number of esters is 1. The SMILES string of the molecule is Nc1ncn(CC(=O)OCc2ccc(Br)cc2F)n1. The molecule has 0 unspecified atom stereocenters. The van der Waals surface area contributed by atoms with E-state index >= 15 is 0 Å². The molecule has 0 saturated heterocycles. The summed E-state index contributed by atoms with van der Waals surface area (Å²) in [5, 5.41) is 3.74. The van der Waals surface area contributed by atoms with Gasteiger partial charge in [-0.25, -0.2) is 14.1 Å². The maximum absolute atomic E-state index is 13.5. The van der Waals surface area contributed by atoms with Crippen molar-refractivity contribution < 1.29 is 13.9 Å². The van der Waals surface area contributed by atoms with Crippen LogP contribution in [0.5, 0.6) is 0 Å². The highest BCUT2D eigenvalue weighted by Gasteiger charge is 2.09. The van der Waals surface area contributed by atoms with Crippen molar-refractivity contribution >= 4 is 27.8 Å². The van der Waals surface area contributed by atoms with Gasteiger partial charge in [0.15, 0.2) is 0 Å². The Morgan fingerprint density at radius 1 is 1.53 bits per heavy atom. The second kappa shape index (κ2) is 5.79. The molecule has 100 valence electrons. The molecule has 0 spiro atoms. The number of carbonyl (C=O) groups excluding carboxylic acids is 1. The number of hydrogen-bond acceptors (Lipinski definition) is 5. The highest BCUT2D eigenvalue weighted by Crippen LogP contribution is 2.16. The average Bonchev–Trinajstić information content (AvgIpc) is 2.73. The molecule has 1 aromatic carbocycles. The van der Waals surface area contributed by atoms with Crippen molar-refractivity contribution in [3.05, 3.63) is 40.4 Å². The quantitative estimate of drug-likeness (QED) is 0.860. The van der Waals surface area contributed by atoms with Gasteiger partial charge >= 0.3 is 5.97 Å². The number of hydrogen-bond donors (Lipinski definition) is 1. The van der Waals surface area contributed by atoms with Gasteiger partial charge in [-0.2, -0.15) is 0 Å². The molecule has 2 aromatic rings. The topological polar surface area (TPSA) is 83.0 Å². The Morgan fingerprint density at radius 3 is 2.95 bits per heavy atom. The largest absolute Gasteiger partial charge is 0.459 e. The van der Waals surface area contributed by atoms with Crippen LogP contribution in [0, 0.1) is 5.82 Å². The zero-order valence-corrected chi connectivity index (χ0v) is 11.3. The molecule has 0 saturated carbocycles. The summed E-state index contributed by atoms with van der Waals surface area (Å²) in [6, 6.07) is 4.52. The molecule has 19 heavy (non-hydrogen) atoms. The van der Waals surface area contributed by atoms with Gasteiger partial charge in [0.2, 0.25) is 5.95 Å². The van der Waals surface area contributed by atoms with E-state index in [1.807, 2.05) is 0 Å². The van der Waals surface area contributed by atoms with Gasteiger partial charge < -0.3 is 10.5 Å². The number of rotatable bonds is 4. The lowest BCUT2D eigenvalue weighted by Gasteiger charge is -2.06. The molecular weight excluding hydrogens is 319 g/mol. The van der Waals surface area contributed by atoms with Gasteiger partial charge in [-0.15, -0.1) is 5.10 Å². The van der Waals surface area contributed by atoms with E-state index in [9.17, 15) is 9.18 Å². The third-order valence-corrected chi connectivity index (χ3v) is 2.74. The summed E-state index contributed by atoms with van der Waals surface area (Å²) in [5.74, 6) is -0.911. The third-order valence-electron chi connectivity index (χ3n) is 2.25. The standard InChI is InChI=1S/C11H10BrFN4O2/c12-8-2-1-7(9(13)3-8)5-19-10(18)4-17-6-15-11(14)16-17/h1-3,6H,4-5H2,(H2,14,16). The molecule has 2 N–H and O–H groups in total. The Morgan fingerprint density at radius 2 is 2.32 bits per heavy atom. The van der Waals surface area contributed by atoms with Crippen molar-refractivity contribution in [2.24, 2.45) is 0 Å². The number of halogens is 2. The predicted molar refractivity (Wildman–Crippen MR) is 68.3 cm³/mol. The summed E-state index contributed by atoms with van der Waals surface area (Å²) >= 11 is 3.14. The fourth-order valence-electron chi connectivity index (χ4n) is 1.36. The highest BCUT2D eigenvalue weighted by atomic mass is 79.9. The van der Waals surface area contributed by atoms with E-state index in [-0.39, 0.29) is 19.1 Å². The number of benzene rings is 1. The first kappa shape index (κ1) is 13.5. The monoisotopic (exact) mass is 328 g/mol. The van der Waals surface area contributed by atoms with Crippen LogP contribution in [0.15, 0.2) is 29.0 Å². The van der Waals surface area contributed by atoms with Crippen LogP contribution in [-0.2, 0) is 22.7 Å². The first-order valence-corrected chi connectivity index (χ1v) is 6.08. The number of aromatic nitrogens is 3. The third kappa shape index (κ3) is 3.75. The molecule has 1 heterocycles. The Balaban J connectivity index is 1.89. The van der Waals surface area contributed by atoms with Crippen LogP contribution in [-0.4, -0.2) is 20.7 Å². The number of nitrogens with zero attached hydrogens (tertiary/aromatic N) is 3.